The molecule has 0 bridgehead atoms. The molecule has 0 saturated heterocycles. The van der Waals surface area contributed by atoms with Crippen LogP contribution >= 0.6 is 0 Å². The van der Waals surface area contributed by atoms with E-state index in [0.717, 1.165) is 5.56 Å². The van der Waals surface area contributed by atoms with E-state index in [-0.39, 0.29) is 31.1 Å². The second kappa shape index (κ2) is 7.00. The minimum atomic E-state index is -1.03. The van der Waals surface area contributed by atoms with Gasteiger partial charge in [-0.3, -0.25) is 9.78 Å². The molecule has 0 saturated carbocycles. The van der Waals surface area contributed by atoms with Crippen molar-refractivity contribution in [3.05, 3.63) is 29.6 Å². The van der Waals surface area contributed by atoms with Gasteiger partial charge in [-0.05, 0) is 17.0 Å². The number of carboxylic acids is 1. The Morgan fingerprint density at radius 2 is 2.05 bits per heavy atom. The fourth-order valence-corrected chi connectivity index (χ4v) is 1.46. The highest BCUT2D eigenvalue weighted by Crippen LogP contribution is 2.20. The van der Waals surface area contributed by atoms with Crippen LogP contribution in [0.25, 0.3) is 0 Å². The van der Waals surface area contributed by atoms with Gasteiger partial charge in [-0.25, -0.2) is 4.79 Å². The van der Waals surface area contributed by atoms with Crippen molar-refractivity contribution >= 4 is 11.9 Å². The van der Waals surface area contributed by atoms with E-state index in [1.807, 2.05) is 6.07 Å². The van der Waals surface area contributed by atoms with Crippen LogP contribution in [0.4, 0.5) is 0 Å². The maximum atomic E-state index is 11.8. The average molecular weight is 280 g/mol. The minimum Gasteiger partial charge on any atom is -0.480 e. The fourth-order valence-electron chi connectivity index (χ4n) is 1.46. The summed E-state index contributed by atoms with van der Waals surface area (Å²) < 4.78 is 4.81. The van der Waals surface area contributed by atoms with E-state index in [1.165, 1.54) is 0 Å². The molecular formula is C14H20N2O4. The van der Waals surface area contributed by atoms with Crippen LogP contribution in [0.5, 0.6) is 0 Å². The van der Waals surface area contributed by atoms with Crippen molar-refractivity contribution in [2.24, 2.45) is 0 Å². The van der Waals surface area contributed by atoms with E-state index in [0.29, 0.717) is 5.69 Å². The number of rotatable bonds is 6. The van der Waals surface area contributed by atoms with Crippen molar-refractivity contribution in [3.8, 4) is 0 Å². The normalized spacial score (nSPS) is 11.2. The molecule has 1 aromatic rings. The molecule has 0 aromatic carbocycles. The van der Waals surface area contributed by atoms with Gasteiger partial charge in [0.2, 0.25) is 0 Å². The molecule has 6 heteroatoms. The highest BCUT2D eigenvalue weighted by Gasteiger charge is 2.15. The summed E-state index contributed by atoms with van der Waals surface area (Å²) in [6.07, 6.45) is 1.69. The third-order valence-electron chi connectivity index (χ3n) is 2.62. The fraction of sp³-hybridized carbons (Fsp3) is 0.500. The molecule has 0 aliphatic carbocycles. The Bertz CT molecular complexity index is 463. The molecule has 6 nitrogen and oxygen atoms in total. The molecule has 0 unspecified atom stereocenters. The summed E-state index contributed by atoms with van der Waals surface area (Å²) in [5.41, 5.74) is 1.38. The Kier molecular flexibility index (Phi) is 5.64. The van der Waals surface area contributed by atoms with Crippen LogP contribution in [0.2, 0.25) is 0 Å². The zero-order chi connectivity index (χ0) is 15.2. The highest BCUT2D eigenvalue weighted by molar-refractivity contribution is 5.92. The van der Waals surface area contributed by atoms with Gasteiger partial charge >= 0.3 is 5.97 Å². The second-order valence-corrected chi connectivity index (χ2v) is 5.38. The number of carbonyl (C=O) groups is 2. The molecule has 20 heavy (non-hydrogen) atoms. The largest absolute Gasteiger partial charge is 0.480 e. The van der Waals surface area contributed by atoms with Crippen molar-refractivity contribution in [2.45, 2.75) is 26.2 Å². The standard InChI is InChI=1S/C14H20N2O4/c1-14(2,3)10-4-5-11(16-8-10)13(19)15-6-7-20-9-12(17)18/h4-5,8H,6-7,9H2,1-3H3,(H,15,19)(H,17,18). The molecule has 0 fully saturated rings. The molecule has 0 radical (unpaired) electrons. The minimum absolute atomic E-state index is 0.00726. The summed E-state index contributed by atoms with van der Waals surface area (Å²) in [5.74, 6) is -1.33. The van der Waals surface area contributed by atoms with Gasteiger partial charge in [0.05, 0.1) is 6.61 Å². The summed E-state index contributed by atoms with van der Waals surface area (Å²) in [6, 6.07) is 3.55. The predicted molar refractivity (Wildman–Crippen MR) is 73.7 cm³/mol. The quantitative estimate of drug-likeness (QED) is 0.765. The van der Waals surface area contributed by atoms with E-state index in [1.54, 1.807) is 12.3 Å². The molecule has 0 aliphatic rings. The van der Waals surface area contributed by atoms with Crippen LogP contribution in [0.15, 0.2) is 18.3 Å². The van der Waals surface area contributed by atoms with E-state index in [2.05, 4.69) is 31.1 Å². The zero-order valence-electron chi connectivity index (χ0n) is 12.0. The first kappa shape index (κ1) is 16.1. The Morgan fingerprint density at radius 3 is 2.55 bits per heavy atom. The van der Waals surface area contributed by atoms with Crippen molar-refractivity contribution in [1.82, 2.24) is 10.3 Å². The van der Waals surface area contributed by atoms with Gasteiger partial charge < -0.3 is 15.2 Å². The molecule has 1 heterocycles. The number of aliphatic carboxylic acids is 1. The van der Waals surface area contributed by atoms with Crippen molar-refractivity contribution in [1.29, 1.82) is 0 Å². The van der Waals surface area contributed by atoms with E-state index in [9.17, 15) is 9.59 Å². The van der Waals surface area contributed by atoms with Crippen LogP contribution in [0, 0.1) is 0 Å². The second-order valence-electron chi connectivity index (χ2n) is 5.38. The van der Waals surface area contributed by atoms with Gasteiger partial charge in [0.25, 0.3) is 5.91 Å². The van der Waals surface area contributed by atoms with E-state index >= 15 is 0 Å². The average Bonchev–Trinajstić information content (AvgIpc) is 2.37. The maximum absolute atomic E-state index is 11.8. The Hall–Kier alpha value is -1.95. The molecular weight excluding hydrogens is 260 g/mol. The number of pyridine rings is 1. The van der Waals surface area contributed by atoms with E-state index < -0.39 is 5.97 Å². The monoisotopic (exact) mass is 280 g/mol. The Labute approximate surface area is 118 Å². The molecule has 1 aromatic heterocycles. The number of nitrogens with one attached hydrogen (secondary N) is 1. The number of ether oxygens (including phenoxy) is 1. The highest BCUT2D eigenvalue weighted by atomic mass is 16.5. The van der Waals surface area contributed by atoms with E-state index in [4.69, 9.17) is 9.84 Å². The van der Waals surface area contributed by atoms with Gasteiger partial charge in [0.15, 0.2) is 0 Å². The summed E-state index contributed by atoms with van der Waals surface area (Å²) in [5, 5.41) is 11.0. The van der Waals surface area contributed by atoms with Crippen molar-refractivity contribution in [2.75, 3.05) is 19.8 Å². The number of hydrogen-bond donors (Lipinski definition) is 2. The lowest BCUT2D eigenvalue weighted by Crippen LogP contribution is -2.28. The molecule has 1 amide bonds. The van der Waals surface area contributed by atoms with Gasteiger partial charge in [0, 0.05) is 12.7 Å². The van der Waals surface area contributed by atoms with Gasteiger partial charge in [-0.1, -0.05) is 26.8 Å². The number of amides is 1. The molecule has 0 atom stereocenters. The van der Waals surface area contributed by atoms with Crippen LogP contribution < -0.4 is 5.32 Å². The number of nitrogens with zero attached hydrogens (tertiary/aromatic N) is 1. The number of hydrogen-bond acceptors (Lipinski definition) is 4. The Morgan fingerprint density at radius 1 is 1.35 bits per heavy atom. The Balaban J connectivity index is 2.42. The van der Waals surface area contributed by atoms with Crippen molar-refractivity contribution < 1.29 is 19.4 Å². The molecule has 110 valence electrons. The lowest BCUT2D eigenvalue weighted by molar-refractivity contribution is -0.142. The topological polar surface area (TPSA) is 88.5 Å². The van der Waals surface area contributed by atoms with Crippen LogP contribution in [0.1, 0.15) is 36.8 Å². The van der Waals surface area contributed by atoms with Gasteiger partial charge in [-0.2, -0.15) is 0 Å². The summed E-state index contributed by atoms with van der Waals surface area (Å²) >= 11 is 0. The van der Waals surface area contributed by atoms with Gasteiger partial charge in [-0.15, -0.1) is 0 Å². The predicted octanol–water partition coefficient (Wildman–Crippen LogP) is 1.21. The molecule has 1 rings (SSSR count). The molecule has 0 aliphatic heterocycles. The zero-order valence-corrected chi connectivity index (χ0v) is 12.0. The first-order chi connectivity index (χ1) is 9.30. The maximum Gasteiger partial charge on any atom is 0.329 e. The van der Waals surface area contributed by atoms with Crippen LogP contribution in [0.3, 0.4) is 0 Å². The first-order valence-electron chi connectivity index (χ1n) is 6.35. The van der Waals surface area contributed by atoms with Crippen molar-refractivity contribution in [3.63, 3.8) is 0 Å². The molecule has 2 N–H and O–H groups in total. The lowest BCUT2D eigenvalue weighted by atomic mass is 9.88. The summed E-state index contributed by atoms with van der Waals surface area (Å²) in [4.78, 5) is 26.1. The molecule has 0 spiro atoms. The third kappa shape index (κ3) is 5.36. The van der Waals surface area contributed by atoms with Gasteiger partial charge in [0.1, 0.15) is 12.3 Å². The first-order valence-corrected chi connectivity index (χ1v) is 6.35. The van der Waals surface area contributed by atoms with Crippen LogP contribution in [-0.4, -0.2) is 41.7 Å². The number of carbonyl (C=O) groups excluding carboxylic acids is 1. The summed E-state index contributed by atoms with van der Waals surface area (Å²) in [6.45, 7) is 6.25. The summed E-state index contributed by atoms with van der Waals surface area (Å²) in [7, 11) is 0. The number of aromatic nitrogens is 1. The smallest absolute Gasteiger partial charge is 0.329 e. The lowest BCUT2D eigenvalue weighted by Gasteiger charge is -2.18. The number of carboxylic acid groups (broad SMARTS) is 1. The third-order valence-corrected chi connectivity index (χ3v) is 2.62. The van der Waals surface area contributed by atoms with Crippen LogP contribution in [-0.2, 0) is 14.9 Å². The SMILES string of the molecule is CC(C)(C)c1ccc(C(=O)NCCOCC(=O)O)nc1.